The Hall–Kier alpha value is -2.33. The molecule has 5 nitrogen and oxygen atoms in total. The lowest BCUT2D eigenvalue weighted by molar-refractivity contribution is -0.115. The zero-order valence-electron chi connectivity index (χ0n) is 12.8. The molecular formula is C16H17FN4OS. The van der Waals surface area contributed by atoms with Crippen molar-refractivity contribution in [3.8, 4) is 6.07 Å². The molecule has 1 N–H and O–H groups in total. The van der Waals surface area contributed by atoms with E-state index in [4.69, 9.17) is 5.26 Å². The third kappa shape index (κ3) is 5.11. The first-order chi connectivity index (χ1) is 11.1. The topological polar surface area (TPSA) is 70.7 Å². The van der Waals surface area contributed by atoms with Gasteiger partial charge in [-0.15, -0.1) is 11.8 Å². The minimum atomic E-state index is -0.275. The van der Waals surface area contributed by atoms with Gasteiger partial charge in [0.15, 0.2) is 0 Å². The van der Waals surface area contributed by atoms with E-state index in [9.17, 15) is 9.18 Å². The maximum Gasteiger partial charge on any atom is 0.226 e. The van der Waals surface area contributed by atoms with Crippen LogP contribution in [0.25, 0.3) is 0 Å². The van der Waals surface area contributed by atoms with E-state index >= 15 is 0 Å². The summed E-state index contributed by atoms with van der Waals surface area (Å²) in [5, 5.41) is 15.7. The Morgan fingerprint density at radius 3 is 3.00 bits per heavy atom. The van der Waals surface area contributed by atoms with Crippen molar-refractivity contribution in [2.75, 3.05) is 11.1 Å². The minimum absolute atomic E-state index is 0.160. The average molecular weight is 332 g/mol. The van der Waals surface area contributed by atoms with Crippen molar-refractivity contribution in [3.63, 3.8) is 0 Å². The van der Waals surface area contributed by atoms with Crippen LogP contribution in [-0.4, -0.2) is 21.4 Å². The number of rotatable bonds is 7. The molecule has 1 aromatic carbocycles. The molecule has 0 fully saturated rings. The van der Waals surface area contributed by atoms with Crippen LogP contribution in [-0.2, 0) is 11.3 Å². The molecule has 2 rings (SSSR count). The maximum atomic E-state index is 13.5. The van der Waals surface area contributed by atoms with E-state index < -0.39 is 0 Å². The number of amides is 1. The molecule has 0 unspecified atom stereocenters. The van der Waals surface area contributed by atoms with Crippen LogP contribution < -0.4 is 5.32 Å². The van der Waals surface area contributed by atoms with Crippen molar-refractivity contribution in [1.29, 1.82) is 5.26 Å². The van der Waals surface area contributed by atoms with E-state index in [0.717, 1.165) is 5.69 Å². The van der Waals surface area contributed by atoms with Gasteiger partial charge in [-0.3, -0.25) is 4.79 Å². The highest BCUT2D eigenvalue weighted by Crippen LogP contribution is 2.22. The van der Waals surface area contributed by atoms with Crippen molar-refractivity contribution >= 4 is 23.5 Å². The third-order valence-electron chi connectivity index (χ3n) is 3.03. The van der Waals surface area contributed by atoms with Gasteiger partial charge in [-0.2, -0.15) is 10.4 Å². The van der Waals surface area contributed by atoms with E-state index in [0.29, 0.717) is 29.4 Å². The van der Waals surface area contributed by atoms with Crippen molar-refractivity contribution in [2.45, 2.75) is 31.2 Å². The SMILES string of the molecule is Cc1cc(NC(=O)CCSc2ccccc2F)n(CCC#N)n1. The highest BCUT2D eigenvalue weighted by Gasteiger charge is 2.10. The Bertz CT molecular complexity index is 723. The molecule has 0 radical (unpaired) electrons. The van der Waals surface area contributed by atoms with Crippen LogP contribution in [0.2, 0.25) is 0 Å². The number of anilines is 1. The van der Waals surface area contributed by atoms with Gasteiger partial charge in [0.1, 0.15) is 11.6 Å². The van der Waals surface area contributed by atoms with E-state index in [1.807, 2.05) is 6.92 Å². The van der Waals surface area contributed by atoms with Gasteiger partial charge in [0.05, 0.1) is 24.7 Å². The zero-order chi connectivity index (χ0) is 16.7. The lowest BCUT2D eigenvalue weighted by Gasteiger charge is -2.07. The molecule has 0 aliphatic heterocycles. The Balaban J connectivity index is 1.85. The number of carbonyl (C=O) groups excluding carboxylic acids is 1. The highest BCUT2D eigenvalue weighted by molar-refractivity contribution is 7.99. The molecule has 0 saturated heterocycles. The molecule has 0 aliphatic rings. The lowest BCUT2D eigenvalue weighted by atomic mass is 10.3. The first kappa shape index (κ1) is 17.0. The number of carbonyl (C=O) groups is 1. The quantitative estimate of drug-likeness (QED) is 0.789. The molecule has 120 valence electrons. The van der Waals surface area contributed by atoms with E-state index in [2.05, 4.69) is 16.5 Å². The summed E-state index contributed by atoms with van der Waals surface area (Å²) in [6.45, 7) is 2.26. The number of thioether (sulfide) groups is 1. The van der Waals surface area contributed by atoms with Crippen LogP contribution in [0.4, 0.5) is 10.2 Å². The lowest BCUT2D eigenvalue weighted by Crippen LogP contribution is -2.16. The molecular weight excluding hydrogens is 315 g/mol. The fourth-order valence-corrected chi connectivity index (χ4v) is 2.88. The standard InChI is InChI=1S/C16H17FN4OS/c1-12-11-15(21(20-12)9-4-8-18)19-16(22)7-10-23-14-6-3-2-5-13(14)17/h2-3,5-6,11H,4,7,9-10H2,1H3,(H,19,22). The first-order valence-corrected chi connectivity index (χ1v) is 8.17. The van der Waals surface area contributed by atoms with Crippen LogP contribution in [0.5, 0.6) is 0 Å². The third-order valence-corrected chi connectivity index (χ3v) is 4.08. The molecule has 23 heavy (non-hydrogen) atoms. The molecule has 1 heterocycles. The van der Waals surface area contributed by atoms with E-state index in [1.54, 1.807) is 28.9 Å². The number of aryl methyl sites for hydroxylation is 2. The smallest absolute Gasteiger partial charge is 0.226 e. The zero-order valence-corrected chi connectivity index (χ0v) is 13.6. The second-order valence-corrected chi connectivity index (χ2v) is 6.02. The molecule has 0 saturated carbocycles. The number of nitriles is 1. The summed E-state index contributed by atoms with van der Waals surface area (Å²) in [7, 11) is 0. The molecule has 0 aliphatic carbocycles. The average Bonchev–Trinajstić information content (AvgIpc) is 2.86. The number of nitrogens with zero attached hydrogens (tertiary/aromatic N) is 3. The number of benzene rings is 1. The van der Waals surface area contributed by atoms with Crippen molar-refractivity contribution in [3.05, 3.63) is 41.8 Å². The Morgan fingerprint density at radius 2 is 2.26 bits per heavy atom. The predicted octanol–water partition coefficient (Wildman–Crippen LogP) is 3.37. The summed E-state index contributed by atoms with van der Waals surface area (Å²) in [4.78, 5) is 12.5. The van der Waals surface area contributed by atoms with Gasteiger partial charge in [0.25, 0.3) is 0 Å². The molecule has 2 aromatic rings. The van der Waals surface area contributed by atoms with Crippen LogP contribution in [0, 0.1) is 24.1 Å². The van der Waals surface area contributed by atoms with Gasteiger partial charge in [-0.1, -0.05) is 12.1 Å². The molecule has 1 amide bonds. The Morgan fingerprint density at radius 1 is 1.48 bits per heavy atom. The number of hydrogen-bond acceptors (Lipinski definition) is 4. The fourth-order valence-electron chi connectivity index (χ4n) is 1.99. The van der Waals surface area contributed by atoms with Crippen LogP contribution in [0.3, 0.4) is 0 Å². The summed E-state index contributed by atoms with van der Waals surface area (Å²) >= 11 is 1.31. The normalized spacial score (nSPS) is 10.3. The van der Waals surface area contributed by atoms with Crippen molar-refractivity contribution in [1.82, 2.24) is 9.78 Å². The second kappa shape index (κ2) is 8.34. The molecule has 1 aromatic heterocycles. The number of aromatic nitrogens is 2. The number of nitrogens with one attached hydrogen (secondary N) is 1. The minimum Gasteiger partial charge on any atom is -0.311 e. The van der Waals surface area contributed by atoms with Gasteiger partial charge in [0, 0.05) is 23.1 Å². The fraction of sp³-hybridized carbons (Fsp3) is 0.312. The van der Waals surface area contributed by atoms with Crippen molar-refractivity contribution in [2.24, 2.45) is 0 Å². The molecule has 0 spiro atoms. The molecule has 7 heteroatoms. The molecule has 0 atom stereocenters. The monoisotopic (exact) mass is 332 g/mol. The highest BCUT2D eigenvalue weighted by atomic mass is 32.2. The van der Waals surface area contributed by atoms with Gasteiger partial charge in [0.2, 0.25) is 5.91 Å². The van der Waals surface area contributed by atoms with Gasteiger partial charge < -0.3 is 5.32 Å². The van der Waals surface area contributed by atoms with Gasteiger partial charge in [-0.05, 0) is 19.1 Å². The largest absolute Gasteiger partial charge is 0.311 e. The Labute approximate surface area is 138 Å². The first-order valence-electron chi connectivity index (χ1n) is 7.18. The number of hydrogen-bond donors (Lipinski definition) is 1. The second-order valence-electron chi connectivity index (χ2n) is 4.88. The number of halogens is 1. The summed E-state index contributed by atoms with van der Waals surface area (Å²) < 4.78 is 15.1. The summed E-state index contributed by atoms with van der Waals surface area (Å²) in [6, 6.07) is 10.3. The van der Waals surface area contributed by atoms with Gasteiger partial charge in [-0.25, -0.2) is 9.07 Å². The Kier molecular flexibility index (Phi) is 6.18. The van der Waals surface area contributed by atoms with Crippen LogP contribution in [0.15, 0.2) is 35.2 Å². The van der Waals surface area contributed by atoms with Crippen LogP contribution >= 0.6 is 11.8 Å². The molecule has 0 bridgehead atoms. The summed E-state index contributed by atoms with van der Waals surface area (Å²) in [5.41, 5.74) is 0.777. The summed E-state index contributed by atoms with van der Waals surface area (Å²) in [6.07, 6.45) is 0.592. The summed E-state index contributed by atoms with van der Waals surface area (Å²) in [5.74, 6) is 0.631. The van der Waals surface area contributed by atoms with E-state index in [1.165, 1.54) is 17.8 Å². The van der Waals surface area contributed by atoms with Gasteiger partial charge >= 0.3 is 0 Å². The van der Waals surface area contributed by atoms with Crippen LogP contribution in [0.1, 0.15) is 18.5 Å². The van der Waals surface area contributed by atoms with Crippen molar-refractivity contribution < 1.29 is 9.18 Å². The van der Waals surface area contributed by atoms with E-state index in [-0.39, 0.29) is 18.1 Å². The predicted molar refractivity (Wildman–Crippen MR) is 87.6 cm³/mol. The maximum absolute atomic E-state index is 13.5.